The van der Waals surface area contributed by atoms with E-state index >= 15 is 0 Å². The Morgan fingerprint density at radius 2 is 2.35 bits per heavy atom. The third-order valence-corrected chi connectivity index (χ3v) is 3.85. The molecule has 2 atom stereocenters. The van der Waals surface area contributed by atoms with E-state index < -0.39 is 11.9 Å². The van der Waals surface area contributed by atoms with E-state index in [2.05, 4.69) is 4.90 Å². The molecule has 1 aromatic carbocycles. The highest BCUT2D eigenvalue weighted by atomic mass is 19.1. The van der Waals surface area contributed by atoms with E-state index in [0.717, 1.165) is 19.6 Å². The predicted molar refractivity (Wildman–Crippen MR) is 74.4 cm³/mol. The molecule has 4 nitrogen and oxygen atoms in total. The molecule has 1 aromatic rings. The van der Waals surface area contributed by atoms with Crippen molar-refractivity contribution in [3.63, 3.8) is 0 Å². The largest absolute Gasteiger partial charge is 0.496 e. The molecular formula is C15H22FNO3. The number of nitrogens with zero attached hydrogens (tertiary/aromatic N) is 1. The standard InChI is InChI=1S/C15H22FNO3/c1-17(11-7-9-20-10-11)8-6-13(18)15-12(16)4-3-5-14(15)19-2/h3-5,11,13,18H,6-10H2,1-2H3. The van der Waals surface area contributed by atoms with Crippen LogP contribution in [0.5, 0.6) is 5.75 Å². The SMILES string of the molecule is COc1cccc(F)c1C(O)CCN(C)C1CCOC1. The summed E-state index contributed by atoms with van der Waals surface area (Å²) < 4.78 is 24.3. The van der Waals surface area contributed by atoms with Crippen molar-refractivity contribution in [3.05, 3.63) is 29.6 Å². The third kappa shape index (κ3) is 3.48. The second-order valence-corrected chi connectivity index (χ2v) is 5.16. The van der Waals surface area contributed by atoms with E-state index in [-0.39, 0.29) is 5.56 Å². The van der Waals surface area contributed by atoms with Gasteiger partial charge in [0.2, 0.25) is 0 Å². The number of ether oxygens (including phenoxy) is 2. The van der Waals surface area contributed by atoms with Crippen LogP contribution in [-0.4, -0.2) is 50.0 Å². The quantitative estimate of drug-likeness (QED) is 0.867. The number of aliphatic hydroxyl groups excluding tert-OH is 1. The van der Waals surface area contributed by atoms with Gasteiger partial charge < -0.3 is 19.5 Å². The van der Waals surface area contributed by atoms with Crippen LogP contribution in [0.2, 0.25) is 0 Å². The zero-order chi connectivity index (χ0) is 14.5. The topological polar surface area (TPSA) is 41.9 Å². The molecule has 0 radical (unpaired) electrons. The highest BCUT2D eigenvalue weighted by Gasteiger charge is 2.23. The summed E-state index contributed by atoms with van der Waals surface area (Å²) in [4.78, 5) is 2.16. The van der Waals surface area contributed by atoms with Gasteiger partial charge in [-0.25, -0.2) is 4.39 Å². The van der Waals surface area contributed by atoms with Crippen molar-refractivity contribution in [2.45, 2.75) is 25.0 Å². The van der Waals surface area contributed by atoms with Gasteiger partial charge in [-0.15, -0.1) is 0 Å². The van der Waals surface area contributed by atoms with Crippen LogP contribution in [0.4, 0.5) is 4.39 Å². The minimum absolute atomic E-state index is 0.242. The molecule has 1 heterocycles. The Morgan fingerprint density at radius 3 is 3.00 bits per heavy atom. The highest BCUT2D eigenvalue weighted by molar-refractivity contribution is 5.36. The molecule has 0 aromatic heterocycles. The molecule has 5 heteroatoms. The Morgan fingerprint density at radius 1 is 1.55 bits per heavy atom. The second kappa shape index (κ2) is 7.02. The number of likely N-dealkylation sites (N-methyl/N-ethyl adjacent to an activating group) is 1. The van der Waals surface area contributed by atoms with Gasteiger partial charge in [0.05, 0.1) is 25.4 Å². The summed E-state index contributed by atoms with van der Waals surface area (Å²) in [7, 11) is 3.48. The fraction of sp³-hybridized carbons (Fsp3) is 0.600. The molecule has 112 valence electrons. The lowest BCUT2D eigenvalue weighted by Crippen LogP contribution is -2.33. The first-order valence-corrected chi connectivity index (χ1v) is 6.92. The van der Waals surface area contributed by atoms with E-state index in [1.54, 1.807) is 12.1 Å². The summed E-state index contributed by atoms with van der Waals surface area (Å²) in [5, 5.41) is 10.2. The average molecular weight is 283 g/mol. The van der Waals surface area contributed by atoms with E-state index in [1.165, 1.54) is 13.2 Å². The van der Waals surface area contributed by atoms with Crippen molar-refractivity contribution in [2.75, 3.05) is 33.9 Å². The molecule has 1 saturated heterocycles. The van der Waals surface area contributed by atoms with Crippen molar-refractivity contribution in [1.82, 2.24) is 4.90 Å². The molecule has 0 aliphatic carbocycles. The Bertz CT molecular complexity index is 435. The van der Waals surface area contributed by atoms with Crippen LogP contribution in [0, 0.1) is 5.82 Å². The van der Waals surface area contributed by atoms with Gasteiger partial charge in [-0.3, -0.25) is 0 Å². The Hall–Kier alpha value is -1.17. The Kier molecular flexibility index (Phi) is 5.34. The Balaban J connectivity index is 1.96. The van der Waals surface area contributed by atoms with Gasteiger partial charge in [0.15, 0.2) is 0 Å². The summed E-state index contributed by atoms with van der Waals surface area (Å²) in [6.45, 7) is 2.21. The summed E-state index contributed by atoms with van der Waals surface area (Å²) in [5.41, 5.74) is 0.242. The first-order valence-electron chi connectivity index (χ1n) is 6.92. The normalized spacial score (nSPS) is 20.4. The van der Waals surface area contributed by atoms with Crippen LogP contribution in [0.15, 0.2) is 18.2 Å². The van der Waals surface area contributed by atoms with Gasteiger partial charge in [0, 0.05) is 19.2 Å². The first-order chi connectivity index (χ1) is 9.63. The number of aliphatic hydroxyl groups is 1. The van der Waals surface area contributed by atoms with Crippen LogP contribution in [-0.2, 0) is 4.74 Å². The highest BCUT2D eigenvalue weighted by Crippen LogP contribution is 2.30. The molecule has 2 unspecified atom stereocenters. The maximum absolute atomic E-state index is 13.8. The molecule has 2 rings (SSSR count). The number of benzene rings is 1. The maximum Gasteiger partial charge on any atom is 0.132 e. The smallest absolute Gasteiger partial charge is 0.132 e. The lowest BCUT2D eigenvalue weighted by molar-refractivity contribution is 0.120. The van der Waals surface area contributed by atoms with E-state index in [1.807, 2.05) is 7.05 Å². The number of hydrogen-bond donors (Lipinski definition) is 1. The maximum atomic E-state index is 13.8. The van der Waals surface area contributed by atoms with Gasteiger partial charge in [0.25, 0.3) is 0 Å². The lowest BCUT2D eigenvalue weighted by atomic mass is 10.0. The van der Waals surface area contributed by atoms with E-state index in [0.29, 0.717) is 24.8 Å². The molecule has 1 fully saturated rings. The van der Waals surface area contributed by atoms with Crippen molar-refractivity contribution < 1.29 is 19.0 Å². The molecule has 1 aliphatic rings. The number of hydrogen-bond acceptors (Lipinski definition) is 4. The molecule has 0 saturated carbocycles. The van der Waals surface area contributed by atoms with Crippen LogP contribution < -0.4 is 4.74 Å². The average Bonchev–Trinajstić information content (AvgIpc) is 2.98. The molecule has 0 spiro atoms. The molecule has 0 bridgehead atoms. The molecule has 0 amide bonds. The number of methoxy groups -OCH3 is 1. The number of rotatable bonds is 6. The third-order valence-electron chi connectivity index (χ3n) is 3.85. The van der Waals surface area contributed by atoms with Crippen molar-refractivity contribution in [1.29, 1.82) is 0 Å². The van der Waals surface area contributed by atoms with Crippen LogP contribution in [0.25, 0.3) is 0 Å². The zero-order valence-electron chi connectivity index (χ0n) is 12.0. The fourth-order valence-corrected chi connectivity index (χ4v) is 2.54. The molecule has 20 heavy (non-hydrogen) atoms. The van der Waals surface area contributed by atoms with Crippen molar-refractivity contribution >= 4 is 0 Å². The van der Waals surface area contributed by atoms with Gasteiger partial charge in [0.1, 0.15) is 11.6 Å². The van der Waals surface area contributed by atoms with E-state index in [9.17, 15) is 9.50 Å². The van der Waals surface area contributed by atoms with Gasteiger partial charge in [-0.05, 0) is 32.0 Å². The van der Waals surface area contributed by atoms with Crippen LogP contribution in [0.1, 0.15) is 24.5 Å². The van der Waals surface area contributed by atoms with Crippen LogP contribution in [0.3, 0.4) is 0 Å². The van der Waals surface area contributed by atoms with Crippen molar-refractivity contribution in [3.8, 4) is 5.75 Å². The van der Waals surface area contributed by atoms with Gasteiger partial charge in [-0.1, -0.05) is 6.07 Å². The lowest BCUT2D eigenvalue weighted by Gasteiger charge is -2.24. The summed E-state index contributed by atoms with van der Waals surface area (Å²) >= 11 is 0. The molecular weight excluding hydrogens is 261 g/mol. The van der Waals surface area contributed by atoms with E-state index in [4.69, 9.17) is 9.47 Å². The summed E-state index contributed by atoms with van der Waals surface area (Å²) in [6.07, 6.45) is 0.607. The summed E-state index contributed by atoms with van der Waals surface area (Å²) in [5.74, 6) is -0.0342. The summed E-state index contributed by atoms with van der Waals surface area (Å²) in [6, 6.07) is 4.97. The zero-order valence-corrected chi connectivity index (χ0v) is 12.0. The number of halogens is 1. The fourth-order valence-electron chi connectivity index (χ4n) is 2.54. The predicted octanol–water partition coefficient (Wildman–Crippen LogP) is 1.98. The minimum atomic E-state index is -0.865. The Labute approximate surface area is 119 Å². The first kappa shape index (κ1) is 15.2. The second-order valence-electron chi connectivity index (χ2n) is 5.16. The molecule has 1 aliphatic heterocycles. The van der Waals surface area contributed by atoms with Gasteiger partial charge in [-0.2, -0.15) is 0 Å². The molecule has 1 N–H and O–H groups in total. The minimum Gasteiger partial charge on any atom is -0.496 e. The van der Waals surface area contributed by atoms with Crippen LogP contribution >= 0.6 is 0 Å². The monoisotopic (exact) mass is 283 g/mol. The van der Waals surface area contributed by atoms with Gasteiger partial charge >= 0.3 is 0 Å². The van der Waals surface area contributed by atoms with Crippen molar-refractivity contribution in [2.24, 2.45) is 0 Å².